The van der Waals surface area contributed by atoms with Gasteiger partial charge in [-0.05, 0) is 55.0 Å². The first-order valence-electron chi connectivity index (χ1n) is 10.2. The number of aromatic nitrogens is 2. The van der Waals surface area contributed by atoms with Crippen molar-refractivity contribution in [3.8, 4) is 28.5 Å². The molecule has 8 nitrogen and oxygen atoms in total. The second-order valence-corrected chi connectivity index (χ2v) is 8.07. The van der Waals surface area contributed by atoms with Gasteiger partial charge in [0, 0.05) is 18.0 Å². The van der Waals surface area contributed by atoms with Crippen molar-refractivity contribution < 1.29 is 19.0 Å². The zero-order chi connectivity index (χ0) is 22.9. The zero-order valence-corrected chi connectivity index (χ0v) is 18.6. The number of hydrogen-bond donors (Lipinski definition) is 1. The molecular formula is C24H19N3O5S. The third kappa shape index (κ3) is 3.83. The first-order valence-corrected chi connectivity index (χ1v) is 11.0. The molecule has 2 aromatic carbocycles. The van der Waals surface area contributed by atoms with E-state index in [4.69, 9.17) is 23.9 Å². The van der Waals surface area contributed by atoms with Crippen LogP contribution in [0.4, 0.5) is 5.82 Å². The number of rotatable bonds is 6. The highest BCUT2D eigenvalue weighted by molar-refractivity contribution is 7.16. The van der Waals surface area contributed by atoms with Crippen LogP contribution in [0.3, 0.4) is 0 Å². The predicted octanol–water partition coefficient (Wildman–Crippen LogP) is 5.03. The molecule has 0 atom stereocenters. The molecule has 9 heteroatoms. The summed E-state index contributed by atoms with van der Waals surface area (Å²) in [4.78, 5) is 20.8. The van der Waals surface area contributed by atoms with Gasteiger partial charge in [-0.15, -0.1) is 0 Å². The van der Waals surface area contributed by atoms with Gasteiger partial charge in [-0.3, -0.25) is 4.40 Å². The van der Waals surface area contributed by atoms with Gasteiger partial charge < -0.3 is 19.0 Å². The van der Waals surface area contributed by atoms with E-state index in [1.165, 1.54) is 7.11 Å². The number of aromatic hydroxyl groups is 1. The molecular weight excluding hydrogens is 442 g/mol. The lowest BCUT2D eigenvalue weighted by Gasteiger charge is -2.08. The Bertz CT molecular complexity index is 1560. The van der Waals surface area contributed by atoms with Crippen molar-refractivity contribution in [1.82, 2.24) is 9.38 Å². The Morgan fingerprint density at radius 1 is 1.21 bits per heavy atom. The van der Waals surface area contributed by atoms with Crippen molar-refractivity contribution in [3.05, 3.63) is 70.0 Å². The molecule has 0 spiro atoms. The maximum atomic E-state index is 11.7. The van der Waals surface area contributed by atoms with Gasteiger partial charge in [0.2, 0.25) is 0 Å². The number of benzene rings is 2. The van der Waals surface area contributed by atoms with Crippen LogP contribution in [0.1, 0.15) is 12.5 Å². The van der Waals surface area contributed by atoms with Crippen molar-refractivity contribution >= 4 is 39.3 Å². The normalized spacial score (nSPS) is 11.6. The summed E-state index contributed by atoms with van der Waals surface area (Å²) in [5.74, 6) is 1.52. The average Bonchev–Trinajstić information content (AvgIpc) is 3.38. The minimum atomic E-state index is -0.390. The number of methoxy groups -OCH3 is 1. The smallest absolute Gasteiger partial charge is 0.396 e. The van der Waals surface area contributed by atoms with Gasteiger partial charge in [0.1, 0.15) is 11.3 Å². The molecule has 0 saturated carbocycles. The monoisotopic (exact) mass is 461 g/mol. The van der Waals surface area contributed by atoms with Crippen LogP contribution in [-0.2, 0) is 0 Å². The highest BCUT2D eigenvalue weighted by Gasteiger charge is 2.16. The fourth-order valence-electron chi connectivity index (χ4n) is 3.56. The first kappa shape index (κ1) is 20.8. The molecule has 0 saturated heterocycles. The molecule has 3 aromatic heterocycles. The second-order valence-electron chi connectivity index (χ2n) is 7.09. The van der Waals surface area contributed by atoms with E-state index in [9.17, 15) is 9.90 Å². The predicted molar refractivity (Wildman–Crippen MR) is 128 cm³/mol. The Labute approximate surface area is 192 Å². The van der Waals surface area contributed by atoms with Gasteiger partial charge in [0.25, 0.3) is 0 Å². The van der Waals surface area contributed by atoms with Crippen LogP contribution in [0.25, 0.3) is 27.2 Å². The number of phenols is 1. The highest BCUT2D eigenvalue weighted by atomic mass is 32.1. The van der Waals surface area contributed by atoms with E-state index in [-0.39, 0.29) is 10.7 Å². The molecule has 0 unspecified atom stereocenters. The number of hydrogen-bond acceptors (Lipinski definition) is 8. The minimum Gasteiger partial charge on any atom is -0.504 e. The summed E-state index contributed by atoms with van der Waals surface area (Å²) in [6.45, 7) is 2.28. The molecule has 0 fully saturated rings. The molecule has 0 aliphatic carbocycles. The average molecular weight is 461 g/mol. The quantitative estimate of drug-likeness (QED) is 0.356. The zero-order valence-electron chi connectivity index (χ0n) is 17.8. The third-order valence-electron chi connectivity index (χ3n) is 5.02. The standard InChI is InChI=1S/C24H19N3O5S/c1-3-31-17-12-15(7-8-16(17)28)21-23(27-9-5-4-6-20(27)26-21)25-13-14-10-18(30-2)22-19(11-14)33-24(29)32-22/h4-13,28H,3H2,1-2H3. The lowest BCUT2D eigenvalue weighted by Crippen LogP contribution is -1.92. The van der Waals surface area contributed by atoms with E-state index in [2.05, 4.69) is 0 Å². The number of nitrogens with zero attached hydrogens (tertiary/aromatic N) is 3. The number of aliphatic imine (C=N–C) groups is 1. The van der Waals surface area contributed by atoms with Crippen molar-refractivity contribution in [2.75, 3.05) is 13.7 Å². The maximum Gasteiger partial charge on any atom is 0.396 e. The van der Waals surface area contributed by atoms with Crippen LogP contribution in [0.2, 0.25) is 0 Å². The molecule has 1 N–H and O–H groups in total. The summed E-state index contributed by atoms with van der Waals surface area (Å²) >= 11 is 1.01. The van der Waals surface area contributed by atoms with Crippen molar-refractivity contribution in [2.45, 2.75) is 6.92 Å². The summed E-state index contributed by atoms with van der Waals surface area (Å²) in [5, 5.41) is 10.1. The minimum absolute atomic E-state index is 0.0638. The molecule has 0 amide bonds. The molecule has 5 aromatic rings. The third-order valence-corrected chi connectivity index (χ3v) is 5.79. The summed E-state index contributed by atoms with van der Waals surface area (Å²) in [5.41, 5.74) is 3.29. The van der Waals surface area contributed by atoms with Crippen molar-refractivity contribution in [1.29, 1.82) is 0 Å². The Balaban J connectivity index is 1.64. The van der Waals surface area contributed by atoms with E-state index in [1.807, 2.05) is 41.8 Å². The van der Waals surface area contributed by atoms with E-state index in [0.717, 1.165) is 28.1 Å². The van der Waals surface area contributed by atoms with Crippen LogP contribution < -0.4 is 14.4 Å². The van der Waals surface area contributed by atoms with Gasteiger partial charge in [-0.2, -0.15) is 0 Å². The van der Waals surface area contributed by atoms with Crippen molar-refractivity contribution in [3.63, 3.8) is 0 Å². The molecule has 33 heavy (non-hydrogen) atoms. The fourth-order valence-corrected chi connectivity index (χ4v) is 4.30. The molecule has 0 bridgehead atoms. The number of phenolic OH excluding ortho intramolecular Hbond substituents is 1. The molecule has 3 heterocycles. The number of fused-ring (bicyclic) bond motifs is 2. The lowest BCUT2D eigenvalue weighted by molar-refractivity contribution is 0.318. The summed E-state index contributed by atoms with van der Waals surface area (Å²) < 4.78 is 18.7. The Morgan fingerprint density at radius 2 is 2.09 bits per heavy atom. The van der Waals surface area contributed by atoms with E-state index < -0.39 is 0 Å². The van der Waals surface area contributed by atoms with Gasteiger partial charge in [0.05, 0.1) is 18.4 Å². The van der Waals surface area contributed by atoms with E-state index >= 15 is 0 Å². The molecule has 166 valence electrons. The van der Waals surface area contributed by atoms with Crippen LogP contribution in [-0.4, -0.2) is 34.4 Å². The SMILES string of the molecule is CCOc1cc(-c2nc3ccccn3c2N=Cc2cc(OC)c3oc(=O)sc3c2)ccc1O. The highest BCUT2D eigenvalue weighted by Crippen LogP contribution is 2.36. The first-order chi connectivity index (χ1) is 16.1. The Hall–Kier alpha value is -4.11. The Kier molecular flexibility index (Phi) is 5.31. The number of pyridine rings is 1. The fraction of sp³-hybridized carbons (Fsp3) is 0.125. The largest absolute Gasteiger partial charge is 0.504 e. The summed E-state index contributed by atoms with van der Waals surface area (Å²) in [6, 6.07) is 14.4. The van der Waals surface area contributed by atoms with Crippen molar-refractivity contribution in [2.24, 2.45) is 4.99 Å². The topological polar surface area (TPSA) is 98.6 Å². The molecule has 0 aliphatic rings. The molecule has 5 rings (SSSR count). The van der Waals surface area contributed by atoms with Crippen LogP contribution >= 0.6 is 11.3 Å². The Morgan fingerprint density at radius 3 is 2.91 bits per heavy atom. The number of imidazole rings is 1. The van der Waals surface area contributed by atoms with Crippen LogP contribution in [0, 0.1) is 0 Å². The van der Waals surface area contributed by atoms with Gasteiger partial charge in [-0.25, -0.2) is 14.8 Å². The van der Waals surface area contributed by atoms with E-state index in [1.54, 1.807) is 30.5 Å². The molecule has 0 aliphatic heterocycles. The van der Waals surface area contributed by atoms with Gasteiger partial charge in [-0.1, -0.05) is 17.4 Å². The van der Waals surface area contributed by atoms with Crippen LogP contribution in [0.5, 0.6) is 17.2 Å². The summed E-state index contributed by atoms with van der Waals surface area (Å²) in [7, 11) is 1.52. The van der Waals surface area contributed by atoms with Crippen LogP contribution in [0.15, 0.2) is 68.9 Å². The lowest BCUT2D eigenvalue weighted by atomic mass is 10.1. The second kappa shape index (κ2) is 8.44. The van der Waals surface area contributed by atoms with E-state index in [0.29, 0.717) is 39.9 Å². The molecule has 0 radical (unpaired) electrons. The summed E-state index contributed by atoms with van der Waals surface area (Å²) in [6.07, 6.45) is 3.57. The van der Waals surface area contributed by atoms with Gasteiger partial charge >= 0.3 is 4.94 Å². The maximum absolute atomic E-state index is 11.7. The van der Waals surface area contributed by atoms with Gasteiger partial charge in [0.15, 0.2) is 28.6 Å². The number of ether oxygens (including phenoxy) is 2.